The van der Waals surface area contributed by atoms with Crippen LogP contribution in [-0.4, -0.2) is 30.8 Å². The molecule has 0 saturated heterocycles. The first-order valence-corrected chi connectivity index (χ1v) is 4.19. The minimum absolute atomic E-state index is 0.00811. The maximum atomic E-state index is 10.5. The molecule has 0 fully saturated rings. The monoisotopic (exact) mass is 208 g/mol. The fourth-order valence-electron chi connectivity index (χ4n) is 1.11. The summed E-state index contributed by atoms with van der Waals surface area (Å²) < 4.78 is 6.70. The van der Waals surface area contributed by atoms with Crippen LogP contribution in [0.15, 0.2) is 16.9 Å². The van der Waals surface area contributed by atoms with Gasteiger partial charge in [0.15, 0.2) is 5.69 Å². The number of carboxylic acids is 1. The highest BCUT2D eigenvalue weighted by molar-refractivity contribution is 5.84. The number of hydrogen-bond donors (Lipinski definition) is 1. The van der Waals surface area contributed by atoms with Crippen molar-refractivity contribution in [2.75, 3.05) is 0 Å². The van der Waals surface area contributed by atoms with Gasteiger partial charge in [-0.05, 0) is 0 Å². The van der Waals surface area contributed by atoms with Gasteiger partial charge in [0.05, 0.1) is 6.33 Å². The number of nitrogens with zero attached hydrogens (tertiary/aromatic N) is 4. The quantitative estimate of drug-likeness (QED) is 0.780. The molecular weight excluding hydrogens is 200 g/mol. The summed E-state index contributed by atoms with van der Waals surface area (Å²) in [4.78, 5) is 14.2. The molecule has 0 spiro atoms. The van der Waals surface area contributed by atoms with E-state index >= 15 is 0 Å². The van der Waals surface area contributed by atoms with Crippen LogP contribution in [0.4, 0.5) is 0 Å². The van der Waals surface area contributed by atoms with Crippen LogP contribution in [0.3, 0.4) is 0 Å². The summed E-state index contributed by atoms with van der Waals surface area (Å²) in [7, 11) is 0. The Kier molecular flexibility index (Phi) is 2.20. The van der Waals surface area contributed by atoms with Crippen LogP contribution in [0.5, 0.6) is 0 Å². The summed E-state index contributed by atoms with van der Waals surface area (Å²) in [5.74, 6) is -0.166. The molecule has 2 rings (SSSR count). The minimum Gasteiger partial charge on any atom is -0.476 e. The molecule has 0 unspecified atom stereocenters. The van der Waals surface area contributed by atoms with Gasteiger partial charge in [-0.3, -0.25) is 0 Å². The molecule has 7 heteroatoms. The van der Waals surface area contributed by atoms with Crippen molar-refractivity contribution in [2.45, 2.75) is 13.5 Å². The third-order valence-corrected chi connectivity index (χ3v) is 1.74. The molecule has 2 heterocycles. The highest BCUT2D eigenvalue weighted by Gasteiger charge is 2.08. The standard InChI is InChI=1S/C8H8N4O3/c1-5-10-11-7(15-5)3-12-2-6(8(13)14)9-4-12/h2,4H,3H2,1H3,(H,13,14). The third kappa shape index (κ3) is 2.01. The summed E-state index contributed by atoms with van der Waals surface area (Å²) in [5.41, 5.74) is -0.00811. The third-order valence-electron chi connectivity index (χ3n) is 1.74. The molecule has 0 saturated carbocycles. The zero-order valence-corrected chi connectivity index (χ0v) is 7.91. The van der Waals surface area contributed by atoms with Gasteiger partial charge in [0.25, 0.3) is 0 Å². The second-order valence-corrected chi connectivity index (χ2v) is 2.95. The molecule has 0 bridgehead atoms. The number of hydrogen-bond acceptors (Lipinski definition) is 5. The van der Waals surface area contributed by atoms with E-state index in [0.29, 0.717) is 18.3 Å². The van der Waals surface area contributed by atoms with E-state index in [1.54, 1.807) is 11.5 Å². The molecule has 15 heavy (non-hydrogen) atoms. The number of aromatic nitrogens is 4. The SMILES string of the molecule is Cc1nnc(Cn2cnc(C(=O)O)c2)o1. The summed E-state index contributed by atoms with van der Waals surface area (Å²) in [6.07, 6.45) is 2.81. The smallest absolute Gasteiger partial charge is 0.356 e. The topological polar surface area (TPSA) is 94.0 Å². The van der Waals surface area contributed by atoms with Crippen molar-refractivity contribution in [3.63, 3.8) is 0 Å². The summed E-state index contributed by atoms with van der Waals surface area (Å²) in [6.45, 7) is 2.01. The van der Waals surface area contributed by atoms with Gasteiger partial charge >= 0.3 is 5.97 Å². The van der Waals surface area contributed by atoms with Crippen LogP contribution in [-0.2, 0) is 6.54 Å². The number of aromatic carboxylic acids is 1. The second kappa shape index (κ2) is 3.52. The predicted octanol–water partition coefficient (Wildman–Crippen LogP) is 0.321. The molecule has 2 aromatic heterocycles. The van der Waals surface area contributed by atoms with E-state index < -0.39 is 5.97 Å². The first-order valence-electron chi connectivity index (χ1n) is 4.19. The van der Waals surface area contributed by atoms with E-state index in [4.69, 9.17) is 9.52 Å². The van der Waals surface area contributed by atoms with Crippen LogP contribution in [0, 0.1) is 6.92 Å². The first kappa shape index (κ1) is 9.38. The molecule has 0 aliphatic carbocycles. The molecule has 0 aromatic carbocycles. The van der Waals surface area contributed by atoms with Gasteiger partial charge in [-0.2, -0.15) is 0 Å². The van der Waals surface area contributed by atoms with Crippen molar-refractivity contribution in [3.8, 4) is 0 Å². The van der Waals surface area contributed by atoms with Crippen LogP contribution in [0.25, 0.3) is 0 Å². The molecule has 1 N–H and O–H groups in total. The second-order valence-electron chi connectivity index (χ2n) is 2.95. The lowest BCUT2D eigenvalue weighted by atomic mass is 10.5. The highest BCUT2D eigenvalue weighted by Crippen LogP contribution is 2.02. The van der Waals surface area contributed by atoms with Crippen LogP contribution in [0.1, 0.15) is 22.3 Å². The molecule has 7 nitrogen and oxygen atoms in total. The maximum Gasteiger partial charge on any atom is 0.356 e. The Morgan fingerprint density at radius 3 is 2.93 bits per heavy atom. The van der Waals surface area contributed by atoms with Crippen molar-refractivity contribution in [1.29, 1.82) is 0 Å². The van der Waals surface area contributed by atoms with Gasteiger partial charge < -0.3 is 14.1 Å². The Morgan fingerprint density at radius 2 is 2.40 bits per heavy atom. The predicted molar refractivity (Wildman–Crippen MR) is 47.3 cm³/mol. The Bertz CT molecular complexity index is 488. The lowest BCUT2D eigenvalue weighted by molar-refractivity contribution is 0.0691. The summed E-state index contributed by atoms with van der Waals surface area (Å²) in [6, 6.07) is 0. The zero-order valence-electron chi connectivity index (χ0n) is 7.91. The van der Waals surface area contributed by atoms with Gasteiger partial charge in [0.1, 0.15) is 6.54 Å². The lowest BCUT2D eigenvalue weighted by Gasteiger charge is -1.94. The van der Waals surface area contributed by atoms with Gasteiger partial charge in [-0.15, -0.1) is 10.2 Å². The fourth-order valence-corrected chi connectivity index (χ4v) is 1.11. The Morgan fingerprint density at radius 1 is 1.60 bits per heavy atom. The van der Waals surface area contributed by atoms with E-state index in [2.05, 4.69) is 15.2 Å². The average Bonchev–Trinajstić information content (AvgIpc) is 2.76. The van der Waals surface area contributed by atoms with Gasteiger partial charge in [-0.25, -0.2) is 9.78 Å². The first-order chi connectivity index (χ1) is 7.15. The van der Waals surface area contributed by atoms with Crippen LogP contribution < -0.4 is 0 Å². The summed E-state index contributed by atoms with van der Waals surface area (Å²) in [5, 5.41) is 16.1. The van der Waals surface area contributed by atoms with E-state index in [1.807, 2.05) is 0 Å². The molecule has 0 amide bonds. The molecule has 2 aromatic rings. The van der Waals surface area contributed by atoms with Crippen molar-refractivity contribution in [3.05, 3.63) is 30.0 Å². The van der Waals surface area contributed by atoms with Crippen LogP contribution in [0.2, 0.25) is 0 Å². The van der Waals surface area contributed by atoms with E-state index in [0.717, 1.165) is 0 Å². The normalized spacial score (nSPS) is 10.5. The molecule has 0 aliphatic rings. The molecule has 0 atom stereocenters. The number of aryl methyl sites for hydroxylation is 1. The largest absolute Gasteiger partial charge is 0.476 e. The number of imidazole rings is 1. The van der Waals surface area contributed by atoms with E-state index in [9.17, 15) is 4.79 Å². The molecule has 0 aliphatic heterocycles. The number of carbonyl (C=O) groups is 1. The van der Waals surface area contributed by atoms with Crippen LogP contribution >= 0.6 is 0 Å². The summed E-state index contributed by atoms with van der Waals surface area (Å²) >= 11 is 0. The number of rotatable bonds is 3. The van der Waals surface area contributed by atoms with E-state index in [1.165, 1.54) is 12.5 Å². The van der Waals surface area contributed by atoms with Gasteiger partial charge in [0.2, 0.25) is 11.8 Å². The minimum atomic E-state index is -1.06. The Labute approximate surface area is 84.4 Å². The van der Waals surface area contributed by atoms with Crippen molar-refractivity contribution in [1.82, 2.24) is 19.7 Å². The Balaban J connectivity index is 2.14. The fraction of sp³-hybridized carbons (Fsp3) is 0.250. The van der Waals surface area contributed by atoms with Crippen molar-refractivity contribution < 1.29 is 14.3 Å². The van der Waals surface area contributed by atoms with Gasteiger partial charge in [0, 0.05) is 13.1 Å². The van der Waals surface area contributed by atoms with Crippen molar-refractivity contribution in [2.24, 2.45) is 0 Å². The van der Waals surface area contributed by atoms with E-state index in [-0.39, 0.29) is 5.69 Å². The Hall–Kier alpha value is -2.18. The van der Waals surface area contributed by atoms with Gasteiger partial charge in [-0.1, -0.05) is 0 Å². The highest BCUT2D eigenvalue weighted by atomic mass is 16.4. The number of carboxylic acid groups (broad SMARTS) is 1. The zero-order chi connectivity index (χ0) is 10.8. The molecular formula is C8H8N4O3. The molecule has 78 valence electrons. The lowest BCUT2D eigenvalue weighted by Crippen LogP contribution is -1.98. The average molecular weight is 208 g/mol. The maximum absolute atomic E-state index is 10.5. The molecule has 0 radical (unpaired) electrons. The van der Waals surface area contributed by atoms with Crippen molar-refractivity contribution >= 4 is 5.97 Å².